The van der Waals surface area contributed by atoms with Gasteiger partial charge in [0.05, 0.1) is 0 Å². The summed E-state index contributed by atoms with van der Waals surface area (Å²) in [6.07, 6.45) is 0. The first-order valence-electron chi connectivity index (χ1n) is 4.72. The lowest BCUT2D eigenvalue weighted by Crippen LogP contribution is -2.64. The van der Waals surface area contributed by atoms with Gasteiger partial charge in [0.15, 0.2) is 0 Å². The molecular formula is C7H21ClN6. The average Bonchev–Trinajstić information content (AvgIpc) is 2.21. The molecule has 0 saturated heterocycles. The molecule has 9 N–H and O–H groups in total. The summed E-state index contributed by atoms with van der Waals surface area (Å²) in [4.78, 5) is 0. The molecule has 0 aromatic carbocycles. The van der Waals surface area contributed by atoms with Gasteiger partial charge < -0.3 is 17.2 Å². The normalized spacial score (nSPS) is 12.0. The van der Waals surface area contributed by atoms with Gasteiger partial charge in [0, 0.05) is 39.3 Å². The average molecular weight is 225 g/mol. The number of hydrogen-bond donors (Lipinski definition) is 6. The monoisotopic (exact) mass is 224 g/mol. The van der Waals surface area contributed by atoms with Gasteiger partial charge in [0.1, 0.15) is 0 Å². The number of alkyl halides is 1. The summed E-state index contributed by atoms with van der Waals surface area (Å²) in [6.45, 7) is 3.38. The Morgan fingerprint density at radius 1 is 0.786 bits per heavy atom. The van der Waals surface area contributed by atoms with Crippen LogP contribution in [0.25, 0.3) is 0 Å². The maximum atomic E-state index is 6.18. The van der Waals surface area contributed by atoms with Crippen molar-refractivity contribution in [2.75, 3.05) is 39.3 Å². The number of nitrogens with one attached hydrogen (secondary N) is 3. The fraction of sp³-hybridized carbons (Fsp3) is 1.00. The Balaban J connectivity index is 3.89. The van der Waals surface area contributed by atoms with Crippen molar-refractivity contribution in [3.8, 4) is 0 Å². The highest BCUT2D eigenvalue weighted by molar-refractivity contribution is 6.23. The Morgan fingerprint density at radius 3 is 1.29 bits per heavy atom. The van der Waals surface area contributed by atoms with E-state index in [-0.39, 0.29) is 0 Å². The second-order valence-electron chi connectivity index (χ2n) is 2.80. The maximum absolute atomic E-state index is 6.18. The second-order valence-corrected chi connectivity index (χ2v) is 3.37. The molecule has 0 aliphatic carbocycles. The molecule has 7 heteroatoms. The van der Waals surface area contributed by atoms with Gasteiger partial charge in [-0.2, -0.15) is 0 Å². The fourth-order valence-electron chi connectivity index (χ4n) is 0.921. The minimum Gasteiger partial charge on any atom is -0.329 e. The minimum absolute atomic E-state index is 0.517. The van der Waals surface area contributed by atoms with Crippen LogP contribution in [-0.4, -0.2) is 44.5 Å². The number of hydrogen-bond acceptors (Lipinski definition) is 6. The van der Waals surface area contributed by atoms with E-state index in [0.717, 1.165) is 0 Å². The highest BCUT2D eigenvalue weighted by Crippen LogP contribution is 2.00. The molecule has 0 spiro atoms. The van der Waals surface area contributed by atoms with E-state index in [2.05, 4.69) is 16.0 Å². The molecule has 0 unspecified atom stereocenters. The van der Waals surface area contributed by atoms with Crippen LogP contribution in [0.3, 0.4) is 0 Å². The second kappa shape index (κ2) is 8.37. The Hall–Kier alpha value is 0.0500. The van der Waals surface area contributed by atoms with E-state index in [1.54, 1.807) is 0 Å². The van der Waals surface area contributed by atoms with Crippen molar-refractivity contribution < 1.29 is 0 Å². The summed E-state index contributed by atoms with van der Waals surface area (Å²) in [5.41, 5.74) is 16.1. The molecular weight excluding hydrogens is 204 g/mol. The fourth-order valence-corrected chi connectivity index (χ4v) is 1.20. The third-order valence-corrected chi connectivity index (χ3v) is 1.94. The van der Waals surface area contributed by atoms with Gasteiger partial charge in [-0.1, -0.05) is 11.6 Å². The van der Waals surface area contributed by atoms with Crippen LogP contribution in [0.4, 0.5) is 0 Å². The highest BCUT2D eigenvalue weighted by Gasteiger charge is 2.23. The van der Waals surface area contributed by atoms with Gasteiger partial charge in [-0.3, -0.25) is 16.0 Å². The predicted molar refractivity (Wildman–Crippen MR) is 59.8 cm³/mol. The lowest BCUT2D eigenvalue weighted by Gasteiger charge is -2.30. The predicted octanol–water partition coefficient (Wildman–Crippen LogP) is -2.52. The van der Waals surface area contributed by atoms with Gasteiger partial charge >= 0.3 is 0 Å². The van der Waals surface area contributed by atoms with Crippen LogP contribution in [0.2, 0.25) is 0 Å². The van der Waals surface area contributed by atoms with Crippen LogP contribution in [0.1, 0.15) is 0 Å². The van der Waals surface area contributed by atoms with Gasteiger partial charge in [-0.05, 0) is 0 Å². The van der Waals surface area contributed by atoms with Crippen molar-refractivity contribution in [3.63, 3.8) is 0 Å². The molecule has 0 saturated carbocycles. The third kappa shape index (κ3) is 6.50. The lowest BCUT2D eigenvalue weighted by atomic mass is 10.5. The van der Waals surface area contributed by atoms with E-state index in [1.165, 1.54) is 0 Å². The van der Waals surface area contributed by atoms with Crippen LogP contribution >= 0.6 is 11.6 Å². The Kier molecular flexibility index (Phi) is 8.40. The molecule has 86 valence electrons. The number of rotatable bonds is 9. The van der Waals surface area contributed by atoms with Crippen molar-refractivity contribution in [2.24, 2.45) is 17.2 Å². The van der Waals surface area contributed by atoms with Crippen molar-refractivity contribution in [2.45, 2.75) is 5.25 Å². The van der Waals surface area contributed by atoms with Crippen LogP contribution in [0, 0.1) is 0 Å². The standard InChI is InChI=1S/C7H21ClN6/c8-7(12-4-1-9,13-5-2-10)14-6-3-11/h12-14H,1-6,9-11H2. The zero-order valence-electron chi connectivity index (χ0n) is 8.35. The first kappa shape index (κ1) is 14.1. The molecule has 0 amide bonds. The van der Waals surface area contributed by atoms with Gasteiger partial charge in [-0.25, -0.2) is 0 Å². The van der Waals surface area contributed by atoms with Crippen LogP contribution < -0.4 is 33.2 Å². The van der Waals surface area contributed by atoms with Gasteiger partial charge in [0.25, 0.3) is 0 Å². The summed E-state index contributed by atoms with van der Waals surface area (Å²) >= 11 is 6.18. The first-order valence-corrected chi connectivity index (χ1v) is 5.10. The van der Waals surface area contributed by atoms with Crippen molar-refractivity contribution >= 4 is 11.6 Å². The van der Waals surface area contributed by atoms with Crippen molar-refractivity contribution in [1.82, 2.24) is 16.0 Å². The molecule has 0 aromatic rings. The van der Waals surface area contributed by atoms with Crippen LogP contribution in [-0.2, 0) is 0 Å². The molecule has 0 rings (SSSR count). The van der Waals surface area contributed by atoms with E-state index >= 15 is 0 Å². The van der Waals surface area contributed by atoms with Gasteiger partial charge in [0.2, 0.25) is 5.25 Å². The number of nitrogens with two attached hydrogens (primary N) is 3. The summed E-state index contributed by atoms with van der Waals surface area (Å²) in [6, 6.07) is 0. The molecule has 0 aliphatic heterocycles. The molecule has 14 heavy (non-hydrogen) atoms. The van der Waals surface area contributed by atoms with Crippen LogP contribution in [0.5, 0.6) is 0 Å². The van der Waals surface area contributed by atoms with E-state index in [9.17, 15) is 0 Å². The zero-order chi connectivity index (χ0) is 10.9. The Labute approximate surface area is 89.9 Å². The molecule has 0 aliphatic rings. The summed E-state index contributed by atoms with van der Waals surface area (Å²) in [7, 11) is 0. The Bertz CT molecular complexity index is 112. The van der Waals surface area contributed by atoms with Crippen LogP contribution in [0.15, 0.2) is 0 Å². The van der Waals surface area contributed by atoms with Gasteiger partial charge in [-0.15, -0.1) is 0 Å². The molecule has 0 aromatic heterocycles. The van der Waals surface area contributed by atoms with E-state index < -0.39 is 5.25 Å². The van der Waals surface area contributed by atoms with E-state index in [4.69, 9.17) is 28.8 Å². The molecule has 0 radical (unpaired) electrons. The third-order valence-electron chi connectivity index (χ3n) is 1.54. The maximum Gasteiger partial charge on any atom is 0.203 e. The summed E-state index contributed by atoms with van der Waals surface area (Å²) in [5, 5.41) is 8.20. The molecule has 6 nitrogen and oxygen atoms in total. The smallest absolute Gasteiger partial charge is 0.203 e. The largest absolute Gasteiger partial charge is 0.329 e. The Morgan fingerprint density at radius 2 is 1.07 bits per heavy atom. The summed E-state index contributed by atoms with van der Waals surface area (Å²) < 4.78 is 0. The molecule has 0 fully saturated rings. The van der Waals surface area contributed by atoms with Crippen molar-refractivity contribution in [1.29, 1.82) is 0 Å². The van der Waals surface area contributed by atoms with Crippen molar-refractivity contribution in [3.05, 3.63) is 0 Å². The van der Waals surface area contributed by atoms with E-state index in [0.29, 0.717) is 39.3 Å². The topological polar surface area (TPSA) is 114 Å². The minimum atomic E-state index is -0.863. The van der Waals surface area contributed by atoms with E-state index in [1.807, 2.05) is 0 Å². The summed E-state index contributed by atoms with van der Waals surface area (Å²) in [5.74, 6) is 0. The quantitative estimate of drug-likeness (QED) is 0.146. The zero-order valence-corrected chi connectivity index (χ0v) is 9.11. The first-order chi connectivity index (χ1) is 6.68. The molecule has 0 atom stereocenters. The SMILES string of the molecule is NCCNC(Cl)(NCCN)NCCN. The molecule has 0 heterocycles. The lowest BCUT2D eigenvalue weighted by molar-refractivity contribution is 0.314. The highest BCUT2D eigenvalue weighted by atomic mass is 35.5. The molecule has 0 bridgehead atoms. The number of halogens is 1.